The summed E-state index contributed by atoms with van der Waals surface area (Å²) in [6.45, 7) is 9.83. The van der Waals surface area contributed by atoms with Gasteiger partial charge in [0.25, 0.3) is 5.91 Å². The Morgan fingerprint density at radius 2 is 1.46 bits per heavy atom. The van der Waals surface area contributed by atoms with Crippen molar-refractivity contribution in [3.8, 4) is 17.2 Å². The number of carbonyl (C=O) groups excluding carboxylic acids is 1. The molecule has 28 heavy (non-hydrogen) atoms. The maximum absolute atomic E-state index is 12.8. The third-order valence-corrected chi connectivity index (χ3v) is 4.44. The fourth-order valence-corrected chi connectivity index (χ4v) is 3.06. The highest BCUT2D eigenvalue weighted by Gasteiger charge is 2.19. The third kappa shape index (κ3) is 5.65. The number of benzene rings is 2. The lowest BCUT2D eigenvalue weighted by Crippen LogP contribution is -2.28. The number of carbonyl (C=O) groups is 1. The number of amides is 1. The molecule has 0 saturated heterocycles. The molecule has 0 fully saturated rings. The van der Waals surface area contributed by atoms with Gasteiger partial charge in [0, 0.05) is 18.0 Å². The van der Waals surface area contributed by atoms with Gasteiger partial charge in [0.1, 0.15) is 0 Å². The molecule has 0 radical (unpaired) electrons. The topological polar surface area (TPSA) is 56.8 Å². The van der Waals surface area contributed by atoms with Crippen molar-refractivity contribution in [1.82, 2.24) is 5.32 Å². The molecule has 0 heterocycles. The predicted octanol–water partition coefficient (Wildman–Crippen LogP) is 4.81. The molecular weight excluding hydrogens is 354 g/mol. The molecule has 1 unspecified atom stereocenters. The summed E-state index contributed by atoms with van der Waals surface area (Å²) in [7, 11) is 0. The third-order valence-electron chi connectivity index (χ3n) is 4.44. The second kappa shape index (κ2) is 11.2. The molecule has 1 amide bonds. The highest BCUT2D eigenvalue weighted by atomic mass is 16.5. The molecule has 5 heteroatoms. The molecule has 2 aromatic rings. The Hall–Kier alpha value is -2.69. The van der Waals surface area contributed by atoms with Gasteiger partial charge in [0.2, 0.25) is 5.75 Å². The largest absolute Gasteiger partial charge is 0.490 e. The van der Waals surface area contributed by atoms with E-state index in [4.69, 9.17) is 14.2 Å². The molecular formula is C23H31NO4. The first-order valence-corrected chi connectivity index (χ1v) is 10.0. The van der Waals surface area contributed by atoms with E-state index in [2.05, 4.69) is 24.4 Å². The Kier molecular flexibility index (Phi) is 8.66. The van der Waals surface area contributed by atoms with E-state index in [9.17, 15) is 4.79 Å². The summed E-state index contributed by atoms with van der Waals surface area (Å²) in [6, 6.07) is 13.7. The lowest BCUT2D eigenvalue weighted by molar-refractivity contribution is 0.0949. The van der Waals surface area contributed by atoms with Crippen molar-refractivity contribution in [3.05, 3.63) is 53.6 Å². The highest BCUT2D eigenvalue weighted by Crippen LogP contribution is 2.39. The molecule has 2 aromatic carbocycles. The zero-order valence-corrected chi connectivity index (χ0v) is 17.3. The average Bonchev–Trinajstić information content (AvgIpc) is 2.71. The lowest BCUT2D eigenvalue weighted by atomic mass is 9.96. The van der Waals surface area contributed by atoms with Crippen molar-refractivity contribution in [2.24, 2.45) is 0 Å². The fourth-order valence-electron chi connectivity index (χ4n) is 3.06. The van der Waals surface area contributed by atoms with E-state index in [0.717, 1.165) is 6.42 Å². The van der Waals surface area contributed by atoms with Crippen LogP contribution < -0.4 is 19.5 Å². The van der Waals surface area contributed by atoms with Crippen molar-refractivity contribution in [3.63, 3.8) is 0 Å². The smallest absolute Gasteiger partial charge is 0.251 e. The van der Waals surface area contributed by atoms with E-state index in [-0.39, 0.29) is 11.8 Å². The van der Waals surface area contributed by atoms with Crippen LogP contribution in [0.4, 0.5) is 0 Å². The van der Waals surface area contributed by atoms with Crippen LogP contribution in [0.15, 0.2) is 42.5 Å². The molecule has 0 aliphatic heterocycles. The molecule has 0 saturated carbocycles. The standard InChI is InChI=1S/C23H31NO4/c1-5-17(18-12-10-9-11-13-18)16-24-23(25)19-14-20(26-6-2)22(28-8-4)21(15-19)27-7-3/h9-15,17H,5-8,16H2,1-4H3,(H,24,25). The Labute approximate surface area is 168 Å². The van der Waals surface area contributed by atoms with Gasteiger partial charge in [-0.25, -0.2) is 0 Å². The van der Waals surface area contributed by atoms with E-state index in [1.54, 1.807) is 12.1 Å². The minimum atomic E-state index is -0.153. The zero-order valence-electron chi connectivity index (χ0n) is 17.3. The Bertz CT molecular complexity index is 719. The molecule has 152 valence electrons. The monoisotopic (exact) mass is 385 g/mol. The Balaban J connectivity index is 2.21. The van der Waals surface area contributed by atoms with Gasteiger partial charge in [-0.05, 0) is 44.9 Å². The number of ether oxygens (including phenoxy) is 3. The summed E-state index contributed by atoms with van der Waals surface area (Å²) < 4.78 is 17.1. The Morgan fingerprint density at radius 3 is 1.96 bits per heavy atom. The van der Waals surface area contributed by atoms with E-state index >= 15 is 0 Å². The minimum absolute atomic E-state index is 0.153. The SMILES string of the molecule is CCOc1cc(C(=O)NCC(CC)c2ccccc2)cc(OCC)c1OCC. The molecule has 1 N–H and O–H groups in total. The normalized spacial score (nSPS) is 11.6. The molecule has 0 bridgehead atoms. The maximum Gasteiger partial charge on any atom is 0.251 e. The molecule has 0 aromatic heterocycles. The maximum atomic E-state index is 12.8. The summed E-state index contributed by atoms with van der Waals surface area (Å²) in [5, 5.41) is 3.05. The van der Waals surface area contributed by atoms with Crippen LogP contribution in [0, 0.1) is 0 Å². The summed E-state index contributed by atoms with van der Waals surface area (Å²) >= 11 is 0. The zero-order chi connectivity index (χ0) is 20.4. The van der Waals surface area contributed by atoms with E-state index in [1.807, 2.05) is 39.0 Å². The van der Waals surface area contributed by atoms with E-state index in [1.165, 1.54) is 5.56 Å². The first-order valence-electron chi connectivity index (χ1n) is 10.0. The quantitative estimate of drug-likeness (QED) is 0.603. The second-order valence-corrected chi connectivity index (χ2v) is 6.33. The van der Waals surface area contributed by atoms with Crippen molar-refractivity contribution in [2.75, 3.05) is 26.4 Å². The van der Waals surface area contributed by atoms with Gasteiger partial charge >= 0.3 is 0 Å². The number of hydrogen-bond acceptors (Lipinski definition) is 4. The number of rotatable bonds is 11. The van der Waals surface area contributed by atoms with Crippen LogP contribution in [0.25, 0.3) is 0 Å². The van der Waals surface area contributed by atoms with Gasteiger partial charge in [-0.15, -0.1) is 0 Å². The lowest BCUT2D eigenvalue weighted by Gasteiger charge is -2.18. The van der Waals surface area contributed by atoms with Gasteiger partial charge in [0.05, 0.1) is 19.8 Å². The van der Waals surface area contributed by atoms with Crippen molar-refractivity contribution in [1.29, 1.82) is 0 Å². The van der Waals surface area contributed by atoms with Gasteiger partial charge in [-0.3, -0.25) is 4.79 Å². The highest BCUT2D eigenvalue weighted by molar-refractivity contribution is 5.95. The second-order valence-electron chi connectivity index (χ2n) is 6.33. The first kappa shape index (κ1) is 21.6. The van der Waals surface area contributed by atoms with E-state index in [0.29, 0.717) is 49.2 Å². The van der Waals surface area contributed by atoms with Crippen LogP contribution >= 0.6 is 0 Å². The van der Waals surface area contributed by atoms with Gasteiger partial charge in [-0.1, -0.05) is 37.3 Å². The van der Waals surface area contributed by atoms with Gasteiger partial charge < -0.3 is 19.5 Å². The molecule has 0 aliphatic carbocycles. The molecule has 0 aliphatic rings. The minimum Gasteiger partial charge on any atom is -0.490 e. The number of nitrogens with one attached hydrogen (secondary N) is 1. The average molecular weight is 386 g/mol. The van der Waals surface area contributed by atoms with Crippen molar-refractivity contribution < 1.29 is 19.0 Å². The molecule has 0 spiro atoms. The van der Waals surface area contributed by atoms with Crippen LogP contribution in [0.2, 0.25) is 0 Å². The van der Waals surface area contributed by atoms with Crippen LogP contribution in [-0.4, -0.2) is 32.3 Å². The molecule has 1 atom stereocenters. The van der Waals surface area contributed by atoms with Gasteiger partial charge in [-0.2, -0.15) is 0 Å². The fraction of sp³-hybridized carbons (Fsp3) is 0.435. The number of hydrogen-bond donors (Lipinski definition) is 1. The van der Waals surface area contributed by atoms with Crippen molar-refractivity contribution >= 4 is 5.91 Å². The van der Waals surface area contributed by atoms with Crippen LogP contribution in [-0.2, 0) is 0 Å². The van der Waals surface area contributed by atoms with Crippen LogP contribution in [0.1, 0.15) is 56.0 Å². The predicted molar refractivity (Wildman–Crippen MR) is 112 cm³/mol. The van der Waals surface area contributed by atoms with Crippen LogP contribution in [0.5, 0.6) is 17.2 Å². The summed E-state index contributed by atoms with van der Waals surface area (Å²) in [5.74, 6) is 1.70. The summed E-state index contributed by atoms with van der Waals surface area (Å²) in [4.78, 5) is 12.8. The van der Waals surface area contributed by atoms with E-state index < -0.39 is 0 Å². The van der Waals surface area contributed by atoms with Crippen LogP contribution in [0.3, 0.4) is 0 Å². The summed E-state index contributed by atoms with van der Waals surface area (Å²) in [5.41, 5.74) is 1.72. The molecule has 5 nitrogen and oxygen atoms in total. The van der Waals surface area contributed by atoms with Gasteiger partial charge in [0.15, 0.2) is 11.5 Å². The van der Waals surface area contributed by atoms with Crippen molar-refractivity contribution in [2.45, 2.75) is 40.0 Å². The first-order chi connectivity index (χ1) is 13.6. The summed E-state index contributed by atoms with van der Waals surface area (Å²) in [6.07, 6.45) is 0.946. The Morgan fingerprint density at radius 1 is 0.893 bits per heavy atom. The molecule has 2 rings (SSSR count).